The lowest BCUT2D eigenvalue weighted by Crippen LogP contribution is -2.30. The van der Waals surface area contributed by atoms with Crippen molar-refractivity contribution in [2.75, 3.05) is 26.2 Å². The molecule has 0 saturated heterocycles. The van der Waals surface area contributed by atoms with Crippen molar-refractivity contribution in [1.29, 1.82) is 0 Å². The first-order chi connectivity index (χ1) is 12.5. The molecule has 0 atom stereocenters. The van der Waals surface area contributed by atoms with E-state index >= 15 is 0 Å². The maximum absolute atomic E-state index is 12.2. The first-order valence-electron chi connectivity index (χ1n) is 8.47. The van der Waals surface area contributed by atoms with E-state index in [1.54, 1.807) is 12.1 Å². The summed E-state index contributed by atoms with van der Waals surface area (Å²) in [6, 6.07) is 5.23. The minimum Gasteiger partial charge on any atom is -0.395 e. The van der Waals surface area contributed by atoms with Gasteiger partial charge < -0.3 is 14.6 Å². The standard InChI is InChI=1S/C17H20ClN5O3/c1-2-22(8-9-24)6-3-7-23-13-5-4-11(18)10-12(13)19-14-15(23)20-17(26)21-16(14)25/h4-5,10,24H,2-3,6-9H2,1H3,(H,21,25,26). The first kappa shape index (κ1) is 18.5. The molecule has 0 amide bonds. The Morgan fingerprint density at radius 1 is 1.27 bits per heavy atom. The quantitative estimate of drug-likeness (QED) is 0.594. The number of aryl methyl sites for hydroxylation is 1. The van der Waals surface area contributed by atoms with Crippen molar-refractivity contribution in [3.05, 3.63) is 44.1 Å². The third kappa shape index (κ3) is 3.77. The van der Waals surface area contributed by atoms with Crippen LogP contribution in [0.3, 0.4) is 0 Å². The van der Waals surface area contributed by atoms with E-state index in [2.05, 4.69) is 19.9 Å². The average Bonchev–Trinajstić information content (AvgIpc) is 2.60. The topological polar surface area (TPSA) is 104 Å². The second-order valence-corrected chi connectivity index (χ2v) is 6.39. The first-order valence-corrected chi connectivity index (χ1v) is 8.84. The largest absolute Gasteiger partial charge is 0.395 e. The number of nitrogens with one attached hydrogen (secondary N) is 1. The van der Waals surface area contributed by atoms with Gasteiger partial charge in [0.1, 0.15) is 0 Å². The Kier molecular flexibility index (Phi) is 5.65. The molecule has 0 saturated carbocycles. The van der Waals surface area contributed by atoms with Crippen LogP contribution in [0.2, 0.25) is 5.02 Å². The second-order valence-electron chi connectivity index (χ2n) is 5.95. The van der Waals surface area contributed by atoms with Crippen molar-refractivity contribution in [3.63, 3.8) is 0 Å². The molecule has 2 aliphatic heterocycles. The zero-order valence-corrected chi connectivity index (χ0v) is 15.2. The minimum atomic E-state index is -0.693. The van der Waals surface area contributed by atoms with Gasteiger partial charge in [-0.1, -0.05) is 18.5 Å². The molecule has 138 valence electrons. The van der Waals surface area contributed by atoms with Crippen LogP contribution in [0.25, 0.3) is 22.6 Å². The third-order valence-electron chi connectivity index (χ3n) is 4.29. The summed E-state index contributed by atoms with van der Waals surface area (Å²) < 4.78 is 1.83. The van der Waals surface area contributed by atoms with Gasteiger partial charge in [-0.3, -0.25) is 9.78 Å². The molecular formula is C17H20ClN5O3. The molecule has 0 radical (unpaired) electrons. The summed E-state index contributed by atoms with van der Waals surface area (Å²) in [5, 5.41) is 9.62. The van der Waals surface area contributed by atoms with E-state index in [0.717, 1.165) is 25.0 Å². The van der Waals surface area contributed by atoms with E-state index in [0.29, 0.717) is 23.6 Å². The Hall–Kier alpha value is -2.29. The number of nitrogens with zero attached hydrogens (tertiary/aromatic N) is 4. The van der Waals surface area contributed by atoms with Gasteiger partial charge in [0.2, 0.25) is 0 Å². The summed E-state index contributed by atoms with van der Waals surface area (Å²) in [6.07, 6.45) is 0.762. The van der Waals surface area contributed by atoms with Gasteiger partial charge in [-0.05, 0) is 37.7 Å². The van der Waals surface area contributed by atoms with Crippen molar-refractivity contribution >= 4 is 22.6 Å². The maximum atomic E-state index is 12.2. The van der Waals surface area contributed by atoms with E-state index in [1.807, 2.05) is 17.6 Å². The number of aromatic amines is 1. The number of fused-ring (bicyclic) bond motifs is 2. The van der Waals surface area contributed by atoms with Gasteiger partial charge in [-0.15, -0.1) is 0 Å². The van der Waals surface area contributed by atoms with Crippen LogP contribution < -0.4 is 11.2 Å². The predicted molar refractivity (Wildman–Crippen MR) is 99.9 cm³/mol. The Morgan fingerprint density at radius 3 is 2.81 bits per heavy atom. The number of aliphatic hydroxyl groups excluding tert-OH is 1. The van der Waals surface area contributed by atoms with Crippen LogP contribution >= 0.6 is 11.6 Å². The number of hydrogen-bond acceptors (Lipinski definition) is 6. The number of aliphatic hydroxyl groups is 1. The van der Waals surface area contributed by atoms with Crippen molar-refractivity contribution < 1.29 is 5.11 Å². The van der Waals surface area contributed by atoms with Crippen LogP contribution in [0.4, 0.5) is 0 Å². The molecule has 1 aromatic carbocycles. The van der Waals surface area contributed by atoms with Crippen LogP contribution in [-0.4, -0.2) is 55.8 Å². The average molecular weight is 378 g/mol. The summed E-state index contributed by atoms with van der Waals surface area (Å²) in [5.41, 5.74) is 0.179. The Labute approximate surface area is 154 Å². The summed E-state index contributed by atoms with van der Waals surface area (Å²) in [4.78, 5) is 36.4. The molecule has 8 nitrogen and oxygen atoms in total. The molecule has 0 aromatic heterocycles. The number of aromatic nitrogens is 4. The maximum Gasteiger partial charge on any atom is 0.349 e. The zero-order chi connectivity index (χ0) is 18.7. The third-order valence-corrected chi connectivity index (χ3v) is 4.53. The van der Waals surface area contributed by atoms with E-state index in [-0.39, 0.29) is 18.1 Å². The van der Waals surface area contributed by atoms with Gasteiger partial charge in [0, 0.05) is 18.1 Å². The molecular weight excluding hydrogens is 358 g/mol. The van der Waals surface area contributed by atoms with Crippen LogP contribution in [0.1, 0.15) is 13.3 Å². The monoisotopic (exact) mass is 377 g/mol. The fraction of sp³-hybridized carbons (Fsp3) is 0.412. The Bertz CT molecular complexity index is 1000. The highest BCUT2D eigenvalue weighted by Gasteiger charge is 2.18. The van der Waals surface area contributed by atoms with E-state index in [1.165, 1.54) is 0 Å². The van der Waals surface area contributed by atoms with Crippen LogP contribution in [-0.2, 0) is 6.54 Å². The number of H-pyrrole nitrogens is 1. The van der Waals surface area contributed by atoms with Crippen LogP contribution in [0.5, 0.6) is 0 Å². The number of halogens is 1. The molecule has 0 spiro atoms. The van der Waals surface area contributed by atoms with E-state index in [4.69, 9.17) is 16.7 Å². The summed E-state index contributed by atoms with van der Waals surface area (Å²) >= 11 is 6.06. The predicted octanol–water partition coefficient (Wildman–Crippen LogP) is 0.942. The smallest absolute Gasteiger partial charge is 0.349 e. The summed E-state index contributed by atoms with van der Waals surface area (Å²) in [6.45, 7) is 4.91. The normalized spacial score (nSPS) is 11.7. The summed E-state index contributed by atoms with van der Waals surface area (Å²) in [7, 11) is 0. The van der Waals surface area contributed by atoms with Gasteiger partial charge in [-0.2, -0.15) is 4.98 Å². The van der Waals surface area contributed by atoms with E-state index < -0.39 is 11.2 Å². The molecule has 2 N–H and O–H groups in total. The molecule has 2 heterocycles. The highest BCUT2D eigenvalue weighted by molar-refractivity contribution is 6.31. The lowest BCUT2D eigenvalue weighted by atomic mass is 10.2. The number of rotatable bonds is 7. The number of likely N-dealkylation sites (N-methyl/N-ethyl adjacent to an activating group) is 1. The lowest BCUT2D eigenvalue weighted by molar-refractivity contribution is 0.199. The van der Waals surface area contributed by atoms with Crippen molar-refractivity contribution in [3.8, 4) is 11.5 Å². The molecule has 9 heteroatoms. The van der Waals surface area contributed by atoms with Crippen molar-refractivity contribution in [2.45, 2.75) is 19.9 Å². The molecule has 0 fully saturated rings. The number of benzene rings is 1. The van der Waals surface area contributed by atoms with E-state index in [9.17, 15) is 9.59 Å². The zero-order valence-electron chi connectivity index (χ0n) is 14.4. The molecule has 26 heavy (non-hydrogen) atoms. The van der Waals surface area contributed by atoms with Gasteiger partial charge >= 0.3 is 5.69 Å². The highest BCUT2D eigenvalue weighted by Crippen LogP contribution is 2.23. The van der Waals surface area contributed by atoms with Gasteiger partial charge in [-0.25, -0.2) is 9.78 Å². The van der Waals surface area contributed by atoms with Crippen LogP contribution in [0.15, 0.2) is 27.8 Å². The number of hydrogen-bond donors (Lipinski definition) is 2. The minimum absolute atomic E-state index is 0.108. The van der Waals surface area contributed by atoms with Gasteiger partial charge in [0.15, 0.2) is 11.5 Å². The summed E-state index contributed by atoms with van der Waals surface area (Å²) in [5.74, 6) is 0.263. The highest BCUT2D eigenvalue weighted by atomic mass is 35.5. The molecule has 3 rings (SSSR count). The van der Waals surface area contributed by atoms with Crippen molar-refractivity contribution in [1.82, 2.24) is 24.4 Å². The Balaban J connectivity index is 2.05. The molecule has 0 bridgehead atoms. The fourth-order valence-corrected chi connectivity index (χ4v) is 3.19. The van der Waals surface area contributed by atoms with Crippen LogP contribution in [0, 0.1) is 0 Å². The second kappa shape index (κ2) is 7.94. The molecule has 2 aliphatic rings. The Morgan fingerprint density at radius 2 is 2.08 bits per heavy atom. The fourth-order valence-electron chi connectivity index (χ4n) is 3.02. The molecule has 1 aromatic rings. The SMILES string of the molecule is CCN(CCO)CCCn1c2nc(=O)[nH]c(=O)c-2nc2cc(Cl)ccc21. The molecule has 0 unspecified atom stereocenters. The van der Waals surface area contributed by atoms with Crippen molar-refractivity contribution in [2.24, 2.45) is 0 Å². The van der Waals surface area contributed by atoms with Gasteiger partial charge in [0.05, 0.1) is 17.6 Å². The molecule has 0 aliphatic carbocycles. The lowest BCUT2D eigenvalue weighted by Gasteiger charge is -2.21. The van der Waals surface area contributed by atoms with Gasteiger partial charge in [0.25, 0.3) is 5.56 Å².